The number of nitrogens with one attached hydrogen (secondary N) is 1. The Labute approximate surface area is 120 Å². The third-order valence-electron chi connectivity index (χ3n) is 3.23. The Morgan fingerprint density at radius 2 is 2.00 bits per heavy atom. The van der Waals surface area contributed by atoms with E-state index in [1.54, 1.807) is 7.11 Å². The lowest BCUT2D eigenvalue weighted by atomic mass is 10.2. The van der Waals surface area contributed by atoms with Crippen LogP contribution in [0.5, 0.6) is 0 Å². The molecule has 4 heteroatoms. The van der Waals surface area contributed by atoms with Crippen LogP contribution >= 0.6 is 0 Å². The van der Waals surface area contributed by atoms with E-state index in [4.69, 9.17) is 4.74 Å². The number of imidazole rings is 1. The first-order chi connectivity index (χ1) is 9.92. The van der Waals surface area contributed by atoms with Gasteiger partial charge in [0, 0.05) is 38.2 Å². The summed E-state index contributed by atoms with van der Waals surface area (Å²) in [5, 5.41) is 3.36. The Balaban J connectivity index is 1.76. The van der Waals surface area contributed by atoms with Crippen LogP contribution in [0.1, 0.15) is 12.8 Å². The highest BCUT2D eigenvalue weighted by Gasteiger charge is 2.04. The highest BCUT2D eigenvalue weighted by molar-refractivity contribution is 5.54. The number of aromatic nitrogens is 2. The number of hydrogen-bond donors (Lipinski definition) is 1. The minimum Gasteiger partial charge on any atom is -0.383 e. The van der Waals surface area contributed by atoms with E-state index in [2.05, 4.69) is 33.2 Å². The van der Waals surface area contributed by atoms with Gasteiger partial charge in [-0.3, -0.25) is 0 Å². The molecule has 2 aromatic rings. The predicted octanol–water partition coefficient (Wildman–Crippen LogP) is 2.57. The fourth-order valence-electron chi connectivity index (χ4n) is 2.17. The minimum atomic E-state index is 0.777. The number of nitrogens with zero attached hydrogens (tertiary/aromatic N) is 2. The molecule has 20 heavy (non-hydrogen) atoms. The quantitative estimate of drug-likeness (QED) is 0.714. The lowest BCUT2D eigenvalue weighted by molar-refractivity contribution is 0.199. The smallest absolute Gasteiger partial charge is 0.139 e. The van der Waals surface area contributed by atoms with E-state index in [0.717, 1.165) is 44.9 Å². The fourth-order valence-corrected chi connectivity index (χ4v) is 2.17. The maximum Gasteiger partial charge on any atom is 0.139 e. The highest BCUT2D eigenvalue weighted by Crippen LogP contribution is 2.17. The normalized spacial score (nSPS) is 10.8. The number of methoxy groups -OCH3 is 1. The molecule has 108 valence electrons. The summed E-state index contributed by atoms with van der Waals surface area (Å²) in [7, 11) is 1.73. The van der Waals surface area contributed by atoms with Crippen LogP contribution in [0.2, 0.25) is 0 Å². The molecule has 0 radical (unpaired) electrons. The van der Waals surface area contributed by atoms with Gasteiger partial charge in [-0.25, -0.2) is 4.98 Å². The van der Waals surface area contributed by atoms with E-state index in [1.807, 2.05) is 24.4 Å². The minimum absolute atomic E-state index is 0.777. The predicted molar refractivity (Wildman–Crippen MR) is 81.6 cm³/mol. The van der Waals surface area contributed by atoms with E-state index in [-0.39, 0.29) is 0 Å². The van der Waals surface area contributed by atoms with E-state index in [9.17, 15) is 0 Å². The third-order valence-corrected chi connectivity index (χ3v) is 3.23. The van der Waals surface area contributed by atoms with Crippen molar-refractivity contribution in [2.45, 2.75) is 19.4 Å². The summed E-state index contributed by atoms with van der Waals surface area (Å²) in [4.78, 5) is 4.46. The van der Waals surface area contributed by atoms with Gasteiger partial charge in [-0.1, -0.05) is 30.3 Å². The number of ether oxygens (including phenoxy) is 1. The first-order valence-corrected chi connectivity index (χ1v) is 7.18. The van der Waals surface area contributed by atoms with Gasteiger partial charge in [-0.05, 0) is 19.4 Å². The number of hydrogen-bond acceptors (Lipinski definition) is 3. The highest BCUT2D eigenvalue weighted by atomic mass is 16.5. The van der Waals surface area contributed by atoms with Crippen molar-refractivity contribution in [3.63, 3.8) is 0 Å². The molecule has 0 bridgehead atoms. The van der Waals surface area contributed by atoms with Crippen LogP contribution in [0.25, 0.3) is 11.4 Å². The standard InChI is InChI=1S/C16H23N3O/c1-20-14-11-17-9-5-6-12-19-13-10-18-16(19)15-7-3-2-4-8-15/h2-4,7-8,10,13,17H,5-6,9,11-12,14H2,1H3. The van der Waals surface area contributed by atoms with Crippen molar-refractivity contribution >= 4 is 0 Å². The second kappa shape index (κ2) is 8.51. The zero-order valence-electron chi connectivity index (χ0n) is 12.1. The van der Waals surface area contributed by atoms with E-state index < -0.39 is 0 Å². The van der Waals surface area contributed by atoms with Gasteiger partial charge in [0.1, 0.15) is 5.82 Å². The molecule has 0 spiro atoms. The number of benzene rings is 1. The summed E-state index contributed by atoms with van der Waals surface area (Å²) in [6.45, 7) is 3.76. The van der Waals surface area contributed by atoms with Gasteiger partial charge >= 0.3 is 0 Å². The summed E-state index contributed by atoms with van der Waals surface area (Å²) in [5.74, 6) is 1.05. The first kappa shape index (κ1) is 14.8. The molecule has 0 amide bonds. The average molecular weight is 273 g/mol. The van der Waals surface area contributed by atoms with Crippen molar-refractivity contribution in [2.75, 3.05) is 26.8 Å². The van der Waals surface area contributed by atoms with Crippen LogP contribution in [0.4, 0.5) is 0 Å². The SMILES string of the molecule is COCCNCCCCn1ccnc1-c1ccccc1. The largest absolute Gasteiger partial charge is 0.383 e. The molecule has 0 aliphatic heterocycles. The van der Waals surface area contributed by atoms with Gasteiger partial charge in [0.05, 0.1) is 6.61 Å². The summed E-state index contributed by atoms with van der Waals surface area (Å²) < 4.78 is 7.22. The molecule has 1 aromatic carbocycles. The van der Waals surface area contributed by atoms with Crippen molar-refractivity contribution in [3.8, 4) is 11.4 Å². The van der Waals surface area contributed by atoms with Crippen molar-refractivity contribution < 1.29 is 4.74 Å². The Hall–Kier alpha value is -1.65. The van der Waals surface area contributed by atoms with Gasteiger partial charge in [-0.2, -0.15) is 0 Å². The van der Waals surface area contributed by atoms with E-state index in [1.165, 1.54) is 5.56 Å². The molecule has 0 saturated carbocycles. The Morgan fingerprint density at radius 3 is 2.80 bits per heavy atom. The lowest BCUT2D eigenvalue weighted by Crippen LogP contribution is -2.20. The number of rotatable bonds is 9. The number of unbranched alkanes of at least 4 members (excludes halogenated alkanes) is 1. The Morgan fingerprint density at radius 1 is 1.15 bits per heavy atom. The molecule has 2 rings (SSSR count). The molecular weight excluding hydrogens is 250 g/mol. The van der Waals surface area contributed by atoms with Gasteiger partial charge in [0.15, 0.2) is 0 Å². The molecule has 0 aliphatic rings. The van der Waals surface area contributed by atoms with Crippen molar-refractivity contribution in [2.24, 2.45) is 0 Å². The van der Waals surface area contributed by atoms with Gasteiger partial charge in [0.25, 0.3) is 0 Å². The molecule has 0 fully saturated rings. The average Bonchev–Trinajstić information content (AvgIpc) is 2.96. The summed E-state index contributed by atoms with van der Waals surface area (Å²) >= 11 is 0. The van der Waals surface area contributed by atoms with Gasteiger partial charge in [-0.15, -0.1) is 0 Å². The van der Waals surface area contributed by atoms with Crippen LogP contribution in [0.3, 0.4) is 0 Å². The third kappa shape index (κ3) is 4.47. The monoisotopic (exact) mass is 273 g/mol. The molecule has 0 saturated heterocycles. The van der Waals surface area contributed by atoms with Crippen molar-refractivity contribution in [1.82, 2.24) is 14.9 Å². The summed E-state index contributed by atoms with van der Waals surface area (Å²) in [5.41, 5.74) is 1.18. The lowest BCUT2D eigenvalue weighted by Gasteiger charge is -2.08. The number of aryl methyl sites for hydroxylation is 1. The fraction of sp³-hybridized carbons (Fsp3) is 0.438. The summed E-state index contributed by atoms with van der Waals surface area (Å²) in [6, 6.07) is 10.3. The van der Waals surface area contributed by atoms with Crippen LogP contribution in [-0.4, -0.2) is 36.4 Å². The second-order valence-electron chi connectivity index (χ2n) is 4.76. The van der Waals surface area contributed by atoms with E-state index >= 15 is 0 Å². The molecule has 1 heterocycles. The zero-order valence-corrected chi connectivity index (χ0v) is 12.1. The first-order valence-electron chi connectivity index (χ1n) is 7.18. The van der Waals surface area contributed by atoms with Gasteiger partial charge in [0.2, 0.25) is 0 Å². The van der Waals surface area contributed by atoms with Crippen molar-refractivity contribution in [3.05, 3.63) is 42.7 Å². The molecule has 0 atom stereocenters. The molecule has 0 aliphatic carbocycles. The summed E-state index contributed by atoms with van der Waals surface area (Å²) in [6.07, 6.45) is 6.24. The van der Waals surface area contributed by atoms with E-state index in [0.29, 0.717) is 0 Å². The van der Waals surface area contributed by atoms with Crippen LogP contribution in [0, 0.1) is 0 Å². The Kier molecular flexibility index (Phi) is 6.27. The maximum absolute atomic E-state index is 5.00. The topological polar surface area (TPSA) is 39.1 Å². The molecule has 1 N–H and O–H groups in total. The molecule has 1 aromatic heterocycles. The van der Waals surface area contributed by atoms with Crippen LogP contribution in [-0.2, 0) is 11.3 Å². The molecule has 0 unspecified atom stereocenters. The van der Waals surface area contributed by atoms with Gasteiger partial charge < -0.3 is 14.6 Å². The molecular formula is C16H23N3O. The second-order valence-corrected chi connectivity index (χ2v) is 4.76. The maximum atomic E-state index is 5.00. The molecule has 4 nitrogen and oxygen atoms in total. The van der Waals surface area contributed by atoms with Crippen LogP contribution in [0.15, 0.2) is 42.7 Å². The Bertz CT molecular complexity index is 481. The van der Waals surface area contributed by atoms with Crippen LogP contribution < -0.4 is 5.32 Å². The zero-order chi connectivity index (χ0) is 14.0. The van der Waals surface area contributed by atoms with Crippen molar-refractivity contribution in [1.29, 1.82) is 0 Å².